The Kier molecular flexibility index (Phi) is 4.16. The van der Waals surface area contributed by atoms with Gasteiger partial charge in [0.15, 0.2) is 0 Å². The first-order chi connectivity index (χ1) is 11.5. The van der Waals surface area contributed by atoms with E-state index in [1.54, 1.807) is 12.3 Å². The molecule has 1 aliphatic rings. The van der Waals surface area contributed by atoms with Crippen LogP contribution in [0.2, 0.25) is 0 Å². The highest BCUT2D eigenvalue weighted by Gasteiger charge is 2.40. The molecule has 24 heavy (non-hydrogen) atoms. The van der Waals surface area contributed by atoms with E-state index in [-0.39, 0.29) is 23.3 Å². The molecule has 3 rings (SSSR count). The molecule has 0 saturated heterocycles. The van der Waals surface area contributed by atoms with Crippen LogP contribution in [0.3, 0.4) is 0 Å². The minimum absolute atomic E-state index is 0.0296. The number of rotatable bonds is 3. The Hall–Kier alpha value is -2.96. The van der Waals surface area contributed by atoms with Gasteiger partial charge in [-0.05, 0) is 18.1 Å². The Morgan fingerprint density at radius 1 is 1.33 bits per heavy atom. The van der Waals surface area contributed by atoms with Gasteiger partial charge in [0.25, 0.3) is 5.91 Å². The zero-order chi connectivity index (χ0) is 17.3. The van der Waals surface area contributed by atoms with E-state index >= 15 is 0 Å². The number of H-pyrrole nitrogens is 1. The number of carbonyl (C=O) groups excluding carboxylic acids is 2. The summed E-state index contributed by atoms with van der Waals surface area (Å²) in [6, 6.07) is 3.84. The van der Waals surface area contributed by atoms with Gasteiger partial charge < -0.3 is 10.3 Å². The Morgan fingerprint density at radius 3 is 2.79 bits per heavy atom. The average molecular weight is 326 g/mol. The summed E-state index contributed by atoms with van der Waals surface area (Å²) in [6.07, 6.45) is 5.21. The second-order valence-electron chi connectivity index (χ2n) is 5.83. The van der Waals surface area contributed by atoms with Crippen molar-refractivity contribution in [1.82, 2.24) is 9.97 Å². The van der Waals surface area contributed by atoms with E-state index in [9.17, 15) is 14.4 Å². The molecule has 0 spiro atoms. The quantitative estimate of drug-likeness (QED) is 0.899. The lowest BCUT2D eigenvalue weighted by Crippen LogP contribution is -2.54. The van der Waals surface area contributed by atoms with Crippen LogP contribution in [0.15, 0.2) is 41.6 Å². The standard InChI is InChI=1S/C17H18N4O3/c1-3-10(2)15-16(23)20-12-9-18-7-6-13(12)21(15)17(24)11-4-5-14(22)19-8-11/h4-10,15H,3H2,1-2H3,(H,19,22)(H,20,23). The number of carbonyl (C=O) groups is 2. The molecule has 0 bridgehead atoms. The van der Waals surface area contributed by atoms with Gasteiger partial charge in [0.2, 0.25) is 11.5 Å². The number of amides is 2. The van der Waals surface area contributed by atoms with Crippen LogP contribution in [0, 0.1) is 5.92 Å². The van der Waals surface area contributed by atoms with Gasteiger partial charge in [0.05, 0.1) is 23.1 Å². The molecule has 1 aliphatic heterocycles. The Balaban J connectivity index is 2.11. The summed E-state index contributed by atoms with van der Waals surface area (Å²) in [4.78, 5) is 44.9. The van der Waals surface area contributed by atoms with Crippen LogP contribution in [-0.2, 0) is 4.79 Å². The van der Waals surface area contributed by atoms with Gasteiger partial charge in [-0.25, -0.2) is 0 Å². The van der Waals surface area contributed by atoms with Gasteiger partial charge in [-0.15, -0.1) is 0 Å². The lowest BCUT2D eigenvalue weighted by Gasteiger charge is -2.39. The maximum Gasteiger partial charge on any atom is 0.260 e. The monoisotopic (exact) mass is 326 g/mol. The second kappa shape index (κ2) is 6.27. The summed E-state index contributed by atoms with van der Waals surface area (Å²) in [7, 11) is 0. The highest BCUT2D eigenvalue weighted by molar-refractivity contribution is 6.16. The molecule has 2 aromatic rings. The van der Waals surface area contributed by atoms with Gasteiger partial charge in [-0.1, -0.05) is 20.3 Å². The fourth-order valence-electron chi connectivity index (χ4n) is 2.82. The predicted molar refractivity (Wildman–Crippen MR) is 90.0 cm³/mol. The molecule has 0 fully saturated rings. The molecule has 2 N–H and O–H groups in total. The van der Waals surface area contributed by atoms with Crippen LogP contribution in [0.4, 0.5) is 11.4 Å². The minimum Gasteiger partial charge on any atom is -0.328 e. The van der Waals surface area contributed by atoms with Crippen LogP contribution >= 0.6 is 0 Å². The first kappa shape index (κ1) is 15.9. The van der Waals surface area contributed by atoms with Gasteiger partial charge in [-0.2, -0.15) is 0 Å². The number of pyridine rings is 2. The molecule has 7 nitrogen and oxygen atoms in total. The van der Waals surface area contributed by atoms with E-state index in [0.717, 1.165) is 6.42 Å². The number of aromatic nitrogens is 2. The van der Waals surface area contributed by atoms with Crippen molar-refractivity contribution in [2.45, 2.75) is 26.3 Å². The SMILES string of the molecule is CCC(C)C1C(=O)Nc2cnccc2N1C(=O)c1ccc(=O)[nH]c1. The maximum absolute atomic E-state index is 13.1. The maximum atomic E-state index is 13.1. The van der Waals surface area contributed by atoms with Crippen LogP contribution in [-0.4, -0.2) is 27.8 Å². The molecule has 2 aromatic heterocycles. The van der Waals surface area contributed by atoms with E-state index in [4.69, 9.17) is 0 Å². The normalized spacial score (nSPS) is 17.8. The summed E-state index contributed by atoms with van der Waals surface area (Å²) >= 11 is 0. The van der Waals surface area contributed by atoms with Crippen molar-refractivity contribution in [2.24, 2.45) is 5.92 Å². The molecular weight excluding hydrogens is 308 g/mol. The summed E-state index contributed by atoms with van der Waals surface area (Å²) in [6.45, 7) is 3.91. The first-order valence-electron chi connectivity index (χ1n) is 7.80. The van der Waals surface area contributed by atoms with Crippen molar-refractivity contribution in [2.75, 3.05) is 10.2 Å². The number of hydrogen-bond acceptors (Lipinski definition) is 4. The number of hydrogen-bond donors (Lipinski definition) is 2. The van der Waals surface area contributed by atoms with E-state index in [1.165, 1.54) is 29.4 Å². The van der Waals surface area contributed by atoms with Crippen molar-refractivity contribution in [1.29, 1.82) is 0 Å². The molecule has 0 radical (unpaired) electrons. The smallest absolute Gasteiger partial charge is 0.260 e. The fourth-order valence-corrected chi connectivity index (χ4v) is 2.82. The lowest BCUT2D eigenvalue weighted by molar-refractivity contribution is -0.118. The summed E-state index contributed by atoms with van der Waals surface area (Å²) in [5.41, 5.74) is 1.14. The van der Waals surface area contributed by atoms with E-state index < -0.39 is 6.04 Å². The van der Waals surface area contributed by atoms with Crippen molar-refractivity contribution in [3.05, 3.63) is 52.7 Å². The van der Waals surface area contributed by atoms with Gasteiger partial charge in [-0.3, -0.25) is 24.3 Å². The van der Waals surface area contributed by atoms with Crippen LogP contribution in [0.5, 0.6) is 0 Å². The Labute approximate surface area is 138 Å². The molecule has 7 heteroatoms. The van der Waals surface area contributed by atoms with E-state index in [1.807, 2.05) is 13.8 Å². The van der Waals surface area contributed by atoms with Gasteiger partial charge in [0.1, 0.15) is 6.04 Å². The molecule has 2 amide bonds. The second-order valence-corrected chi connectivity index (χ2v) is 5.83. The third-order valence-corrected chi connectivity index (χ3v) is 4.30. The molecule has 0 aromatic carbocycles. The lowest BCUT2D eigenvalue weighted by atomic mass is 9.93. The summed E-state index contributed by atoms with van der Waals surface area (Å²) < 4.78 is 0. The molecular formula is C17H18N4O3. The molecule has 2 atom stereocenters. The molecule has 2 unspecified atom stereocenters. The Bertz CT molecular complexity index is 825. The molecule has 0 aliphatic carbocycles. The zero-order valence-corrected chi connectivity index (χ0v) is 13.4. The largest absolute Gasteiger partial charge is 0.328 e. The highest BCUT2D eigenvalue weighted by atomic mass is 16.2. The number of nitrogens with zero attached hydrogens (tertiary/aromatic N) is 2. The molecule has 3 heterocycles. The predicted octanol–water partition coefficient (Wildman–Crippen LogP) is 1.78. The zero-order valence-electron chi connectivity index (χ0n) is 13.4. The van der Waals surface area contributed by atoms with Crippen molar-refractivity contribution >= 4 is 23.2 Å². The molecule has 0 saturated carbocycles. The fraction of sp³-hybridized carbons (Fsp3) is 0.294. The first-order valence-corrected chi connectivity index (χ1v) is 7.80. The number of fused-ring (bicyclic) bond motifs is 1. The van der Waals surface area contributed by atoms with E-state index in [0.29, 0.717) is 16.9 Å². The van der Waals surface area contributed by atoms with Crippen LogP contribution in [0.1, 0.15) is 30.6 Å². The Morgan fingerprint density at radius 2 is 2.12 bits per heavy atom. The van der Waals surface area contributed by atoms with Gasteiger partial charge in [0, 0.05) is 18.5 Å². The van der Waals surface area contributed by atoms with Crippen LogP contribution < -0.4 is 15.8 Å². The average Bonchev–Trinajstić information content (AvgIpc) is 2.60. The van der Waals surface area contributed by atoms with Crippen molar-refractivity contribution < 1.29 is 9.59 Å². The third-order valence-electron chi connectivity index (χ3n) is 4.30. The number of nitrogens with one attached hydrogen (secondary N) is 2. The minimum atomic E-state index is -0.621. The number of aromatic amines is 1. The highest BCUT2D eigenvalue weighted by Crippen LogP contribution is 2.35. The van der Waals surface area contributed by atoms with Crippen LogP contribution in [0.25, 0.3) is 0 Å². The van der Waals surface area contributed by atoms with E-state index in [2.05, 4.69) is 15.3 Å². The van der Waals surface area contributed by atoms with Crippen molar-refractivity contribution in [3.63, 3.8) is 0 Å². The summed E-state index contributed by atoms with van der Waals surface area (Å²) in [5.74, 6) is -0.598. The third kappa shape index (κ3) is 2.68. The number of anilines is 2. The summed E-state index contributed by atoms with van der Waals surface area (Å²) in [5, 5.41) is 2.82. The molecule has 124 valence electrons. The van der Waals surface area contributed by atoms with Crippen molar-refractivity contribution in [3.8, 4) is 0 Å². The topological polar surface area (TPSA) is 95.2 Å². The van der Waals surface area contributed by atoms with Gasteiger partial charge >= 0.3 is 0 Å².